The fourth-order valence-electron chi connectivity index (χ4n) is 15.8. The average Bonchev–Trinajstić information content (AvgIpc) is 1.67. The van der Waals surface area contributed by atoms with Crippen LogP contribution in [0.2, 0.25) is 0 Å². The molecule has 81 heavy (non-hydrogen) atoms. The second kappa shape index (κ2) is 17.3. The molecule has 2 aliphatic heterocycles. The highest BCUT2D eigenvalue weighted by molar-refractivity contribution is 7.33. The summed E-state index contributed by atoms with van der Waals surface area (Å²) < 4.78 is 96.4. The predicted molar refractivity (Wildman–Crippen MR) is 352 cm³/mol. The van der Waals surface area contributed by atoms with Gasteiger partial charge in [-0.2, -0.15) is 0 Å². The molecule has 0 fully saturated rings. The molecule has 0 saturated heterocycles. The molecule has 0 amide bonds. The predicted octanol–water partition coefficient (Wildman–Crippen LogP) is 19.8. The van der Waals surface area contributed by atoms with Gasteiger partial charge in [0, 0.05) is 54.7 Å². The minimum Gasteiger partial charge on any atom is -0.311 e. The van der Waals surface area contributed by atoms with Crippen LogP contribution in [0.3, 0.4) is 0 Å². The summed E-state index contributed by atoms with van der Waals surface area (Å²) >= 11 is 1.89. The quantitative estimate of drug-likeness (QED) is 0.159. The van der Waals surface area contributed by atoms with E-state index < -0.39 is 60.4 Å². The summed E-state index contributed by atoms with van der Waals surface area (Å²) in [5.41, 5.74) is 16.8. The molecule has 5 heteroatoms. The molecule has 1 aromatic heterocycles. The molecule has 0 radical (unpaired) electrons. The molecule has 0 atom stereocenters. The molecule has 0 N–H and O–H groups in total. The Balaban J connectivity index is 1.22. The molecule has 4 aliphatic carbocycles. The van der Waals surface area contributed by atoms with Crippen molar-refractivity contribution in [2.24, 2.45) is 0 Å². The fourth-order valence-corrected chi connectivity index (χ4v) is 17.1. The number of anilines is 9. The van der Waals surface area contributed by atoms with Gasteiger partial charge in [-0.15, -0.1) is 11.3 Å². The number of hydrogen-bond acceptors (Lipinski definition) is 4. The number of para-hydroxylation sites is 2. The Bertz CT molecular complexity index is 4420. The van der Waals surface area contributed by atoms with Crippen molar-refractivity contribution in [1.82, 2.24) is 0 Å². The van der Waals surface area contributed by atoms with Crippen LogP contribution in [0.1, 0.15) is 220 Å². The largest absolute Gasteiger partial charge is 0.311 e. The average molecular weight is 1090 g/mol. The summed E-state index contributed by atoms with van der Waals surface area (Å²) in [6.07, 6.45) is 8.19. The fraction of sp³-hybridized carbons (Fsp3) is 0.421. The minimum absolute atomic E-state index is 0.0740. The van der Waals surface area contributed by atoms with Crippen molar-refractivity contribution in [3.8, 4) is 0 Å². The molecule has 0 spiro atoms. The topological polar surface area (TPSA) is 9.72 Å². The normalized spacial score (nSPS) is 22.9. The van der Waals surface area contributed by atoms with Crippen molar-refractivity contribution in [3.05, 3.63) is 178 Å². The van der Waals surface area contributed by atoms with Crippen molar-refractivity contribution >= 4 is 95.0 Å². The molecular weight excluding hydrogens is 998 g/mol. The van der Waals surface area contributed by atoms with E-state index in [9.17, 15) is 11.0 Å². The molecular formula is C76H86BN3S. The molecule has 3 heterocycles. The number of fused-ring (bicyclic) bond motifs is 10. The van der Waals surface area contributed by atoms with Crippen LogP contribution in [-0.4, -0.2) is 6.71 Å². The third-order valence-electron chi connectivity index (χ3n) is 21.5. The first-order chi connectivity index (χ1) is 42.2. The third kappa shape index (κ3) is 7.92. The lowest BCUT2D eigenvalue weighted by Crippen LogP contribution is -2.61. The van der Waals surface area contributed by atoms with E-state index in [0.717, 1.165) is 96.3 Å². The van der Waals surface area contributed by atoms with Crippen molar-refractivity contribution in [2.75, 3.05) is 14.7 Å². The number of hydrogen-bond donors (Lipinski definition) is 0. The van der Waals surface area contributed by atoms with Gasteiger partial charge in [-0.1, -0.05) is 165 Å². The minimum atomic E-state index is -0.608. The molecule has 0 saturated carbocycles. The standard InChI is InChI=1S/C76H86BN3S/c1-69(2)31-33-71(5,6)55-39-49(27-29-53(55)69)79-62-45-59-58(74(11,12)36-37-75(59,13)14)44-61(62)77-66-63(79)41-51(78(47-23-19-17-20-24-47)48-25-21-18-22-26-48)42-64(66)80(50-28-30-54-56(40-50)72(7,8)34-32-70(54,3)4)67-52-43-57-60(46-65(52)81-68(67)77)76(15,16)38-35-73(57,9)10/h17-30,39-46H,31-38H2,1-16H3/i17D,18D,19D,20D,21D,22D,23D,24D,25D,26D. The van der Waals surface area contributed by atoms with Gasteiger partial charge in [-0.25, -0.2) is 0 Å². The van der Waals surface area contributed by atoms with Gasteiger partial charge in [0.25, 0.3) is 6.71 Å². The van der Waals surface area contributed by atoms with Gasteiger partial charge in [-0.05, 0) is 229 Å². The van der Waals surface area contributed by atoms with Crippen LogP contribution in [0.4, 0.5) is 51.2 Å². The lowest BCUT2D eigenvalue weighted by Gasteiger charge is -2.48. The monoisotopic (exact) mass is 1090 g/mol. The number of benzene rings is 7. The second-order valence-corrected chi connectivity index (χ2v) is 31.6. The molecule has 8 aromatic rings. The van der Waals surface area contributed by atoms with Gasteiger partial charge in [0.1, 0.15) is 0 Å². The summed E-state index contributed by atoms with van der Waals surface area (Å²) in [4.78, 5) is 6.26. The van der Waals surface area contributed by atoms with E-state index in [-0.39, 0.29) is 67.1 Å². The van der Waals surface area contributed by atoms with Crippen LogP contribution < -0.4 is 30.4 Å². The van der Waals surface area contributed by atoms with E-state index in [1.807, 2.05) is 23.5 Å². The maximum absolute atomic E-state index is 9.82. The molecule has 6 aliphatic rings. The van der Waals surface area contributed by atoms with Gasteiger partial charge < -0.3 is 14.7 Å². The highest BCUT2D eigenvalue weighted by Gasteiger charge is 2.50. The highest BCUT2D eigenvalue weighted by Crippen LogP contribution is 2.58. The highest BCUT2D eigenvalue weighted by atomic mass is 32.1. The first-order valence-corrected chi connectivity index (χ1v) is 30.9. The van der Waals surface area contributed by atoms with Crippen LogP contribution in [-0.2, 0) is 43.3 Å². The van der Waals surface area contributed by atoms with E-state index in [4.69, 9.17) is 2.74 Å². The molecule has 14 rings (SSSR count). The number of thiophene rings is 1. The Kier molecular flexibility index (Phi) is 9.12. The van der Waals surface area contributed by atoms with Crippen LogP contribution >= 0.6 is 11.3 Å². The van der Waals surface area contributed by atoms with E-state index in [0.29, 0.717) is 0 Å². The molecule has 0 unspecified atom stereocenters. The molecule has 414 valence electrons. The summed E-state index contributed by atoms with van der Waals surface area (Å²) in [6, 6.07) is 22.2. The van der Waals surface area contributed by atoms with E-state index >= 15 is 0 Å². The Morgan fingerprint density at radius 1 is 0.395 bits per heavy atom. The Labute approximate surface area is 504 Å². The number of rotatable bonds is 5. The summed E-state index contributed by atoms with van der Waals surface area (Å²) in [6.45, 7) is 37.6. The maximum Gasteiger partial charge on any atom is 0.264 e. The lowest BCUT2D eigenvalue weighted by atomic mass is 9.35. The zero-order valence-electron chi connectivity index (χ0n) is 60.9. The van der Waals surface area contributed by atoms with Gasteiger partial charge >= 0.3 is 0 Å². The Morgan fingerprint density at radius 3 is 1.25 bits per heavy atom. The Hall–Kier alpha value is -6.04. The zero-order valence-corrected chi connectivity index (χ0v) is 51.7. The molecule has 3 nitrogen and oxygen atoms in total. The summed E-state index contributed by atoms with van der Waals surface area (Å²) in [5, 5.41) is 1.13. The maximum atomic E-state index is 9.82. The van der Waals surface area contributed by atoms with Gasteiger partial charge in [-0.3, -0.25) is 0 Å². The van der Waals surface area contributed by atoms with Crippen molar-refractivity contribution in [1.29, 1.82) is 0 Å². The van der Waals surface area contributed by atoms with Crippen LogP contribution in [0.15, 0.2) is 133 Å². The second-order valence-electron chi connectivity index (χ2n) is 30.5. The summed E-state index contributed by atoms with van der Waals surface area (Å²) in [5.74, 6) is 0. The smallest absolute Gasteiger partial charge is 0.264 e. The van der Waals surface area contributed by atoms with Crippen LogP contribution in [0.5, 0.6) is 0 Å². The van der Waals surface area contributed by atoms with Crippen molar-refractivity contribution in [3.63, 3.8) is 0 Å². The Morgan fingerprint density at radius 2 is 0.778 bits per heavy atom. The zero-order chi connectivity index (χ0) is 65.6. The summed E-state index contributed by atoms with van der Waals surface area (Å²) in [7, 11) is 0. The third-order valence-corrected chi connectivity index (χ3v) is 22.7. The van der Waals surface area contributed by atoms with E-state index in [2.05, 4.69) is 181 Å². The van der Waals surface area contributed by atoms with Crippen molar-refractivity contribution < 1.29 is 13.7 Å². The van der Waals surface area contributed by atoms with Gasteiger partial charge in [0.05, 0.1) is 25.1 Å². The van der Waals surface area contributed by atoms with E-state index in [1.54, 1.807) is 0 Å². The molecule has 0 bridgehead atoms. The molecule has 7 aromatic carbocycles. The van der Waals surface area contributed by atoms with Crippen LogP contribution in [0.25, 0.3) is 10.1 Å². The first kappa shape index (κ1) is 42.7. The van der Waals surface area contributed by atoms with Gasteiger partial charge in [0.2, 0.25) is 0 Å². The van der Waals surface area contributed by atoms with Crippen molar-refractivity contribution in [2.45, 2.75) is 205 Å². The van der Waals surface area contributed by atoms with Crippen LogP contribution in [0, 0.1) is 0 Å². The number of nitrogens with zero attached hydrogens (tertiary/aromatic N) is 3. The first-order valence-electron chi connectivity index (χ1n) is 35.1. The SMILES string of the molecule is [2H]c1c([2H])c([2H])c(N(c2cc3c4c(c2)N(c2ccc5c(c2)C(C)(C)CCC5(C)C)c2c(sc5cc6c(cc25)C(C)(C)CCC6(C)C)B4c2cc4c(cc2N3c2ccc3c(c2)C(C)(C)CCC3(C)C)C(C)(C)CCC4(C)C)c2c([2H])c([2H])c([2H])c([2H])c2[2H])c([2H])c1[2H]. The lowest BCUT2D eigenvalue weighted by molar-refractivity contribution is 0.332. The van der Waals surface area contributed by atoms with Gasteiger partial charge in [0.15, 0.2) is 0 Å². The van der Waals surface area contributed by atoms with E-state index in [1.165, 1.54) is 64.3 Å².